The van der Waals surface area contributed by atoms with Gasteiger partial charge in [-0.2, -0.15) is 0 Å². The van der Waals surface area contributed by atoms with Crippen LogP contribution in [0.5, 0.6) is 5.75 Å². The third-order valence-electron chi connectivity index (χ3n) is 3.76. The molecule has 0 amide bonds. The Labute approximate surface area is 141 Å². The Balaban J connectivity index is 1.48. The van der Waals surface area contributed by atoms with E-state index in [1.165, 1.54) is 0 Å². The maximum Gasteiger partial charge on any atom is 0.229 e. The Hall–Kier alpha value is -2.60. The van der Waals surface area contributed by atoms with Gasteiger partial charge < -0.3 is 15.8 Å². The van der Waals surface area contributed by atoms with Gasteiger partial charge in [0.15, 0.2) is 5.65 Å². The molecule has 6 heteroatoms. The van der Waals surface area contributed by atoms with Crippen LogP contribution in [0.3, 0.4) is 0 Å². The van der Waals surface area contributed by atoms with Crippen LogP contribution in [-0.4, -0.2) is 27.7 Å². The summed E-state index contributed by atoms with van der Waals surface area (Å²) in [5.41, 5.74) is 7.65. The largest absolute Gasteiger partial charge is 0.494 e. The second-order valence-corrected chi connectivity index (χ2v) is 6.33. The summed E-state index contributed by atoms with van der Waals surface area (Å²) in [7, 11) is 0. The van der Waals surface area contributed by atoms with Crippen molar-refractivity contribution in [3.05, 3.63) is 54.2 Å². The molecule has 0 bridgehead atoms. The van der Waals surface area contributed by atoms with Gasteiger partial charge in [-0.05, 0) is 50.1 Å². The molecule has 0 aliphatic heterocycles. The fraction of sp³-hybridized carbons (Fsp3) is 0.333. The third kappa shape index (κ3) is 3.83. The van der Waals surface area contributed by atoms with Gasteiger partial charge in [-0.15, -0.1) is 10.2 Å². The van der Waals surface area contributed by atoms with Crippen molar-refractivity contribution >= 4 is 11.6 Å². The van der Waals surface area contributed by atoms with E-state index in [-0.39, 0.29) is 5.54 Å². The number of anilines is 1. The average molecular weight is 325 g/mol. The second-order valence-electron chi connectivity index (χ2n) is 6.33. The number of nitrogens with zero attached hydrogens (tertiary/aromatic N) is 3. The lowest BCUT2D eigenvalue weighted by molar-refractivity contribution is 0.314. The molecule has 0 radical (unpaired) electrons. The number of aromatic nitrogens is 3. The Morgan fingerprint density at radius 2 is 2.04 bits per heavy atom. The van der Waals surface area contributed by atoms with E-state index < -0.39 is 0 Å². The summed E-state index contributed by atoms with van der Waals surface area (Å²) in [5.74, 6) is 1.59. The highest BCUT2D eigenvalue weighted by atomic mass is 16.5. The molecule has 0 saturated carbocycles. The van der Waals surface area contributed by atoms with E-state index in [2.05, 4.69) is 15.5 Å². The molecule has 0 atom stereocenters. The van der Waals surface area contributed by atoms with Gasteiger partial charge in [0.25, 0.3) is 0 Å². The van der Waals surface area contributed by atoms with Gasteiger partial charge >= 0.3 is 0 Å². The van der Waals surface area contributed by atoms with E-state index in [9.17, 15) is 0 Å². The Kier molecular flexibility index (Phi) is 4.66. The smallest absolute Gasteiger partial charge is 0.229 e. The number of benzene rings is 1. The number of nitrogens with one attached hydrogen (secondary N) is 1. The van der Waals surface area contributed by atoms with Crippen molar-refractivity contribution in [3.8, 4) is 5.75 Å². The van der Waals surface area contributed by atoms with Gasteiger partial charge in [-0.1, -0.05) is 18.2 Å². The van der Waals surface area contributed by atoms with Gasteiger partial charge in [0, 0.05) is 18.3 Å². The summed E-state index contributed by atoms with van der Waals surface area (Å²) in [6.45, 7) is 5.35. The highest BCUT2D eigenvalue weighted by Crippen LogP contribution is 2.21. The van der Waals surface area contributed by atoms with Crippen LogP contribution in [0.1, 0.15) is 25.8 Å². The summed E-state index contributed by atoms with van der Waals surface area (Å²) >= 11 is 0. The Morgan fingerprint density at radius 3 is 2.88 bits per heavy atom. The zero-order valence-corrected chi connectivity index (χ0v) is 14.1. The summed E-state index contributed by atoms with van der Waals surface area (Å²) in [6, 6.07) is 13.8. The second kappa shape index (κ2) is 6.88. The van der Waals surface area contributed by atoms with Crippen LogP contribution in [0.4, 0.5) is 5.95 Å². The predicted molar refractivity (Wildman–Crippen MR) is 95.2 cm³/mol. The molecule has 0 spiro atoms. The van der Waals surface area contributed by atoms with Crippen LogP contribution in [-0.2, 0) is 5.54 Å². The predicted octanol–water partition coefficient (Wildman–Crippen LogP) is 2.80. The number of hydrogen-bond acceptors (Lipinski definition) is 5. The number of ether oxygens (including phenoxy) is 1. The van der Waals surface area contributed by atoms with Gasteiger partial charge in [0.2, 0.25) is 5.95 Å². The van der Waals surface area contributed by atoms with E-state index in [1.807, 2.05) is 66.9 Å². The Morgan fingerprint density at radius 1 is 1.17 bits per heavy atom. The van der Waals surface area contributed by atoms with Crippen LogP contribution in [0.15, 0.2) is 48.7 Å². The summed E-state index contributed by atoms with van der Waals surface area (Å²) < 4.78 is 7.73. The zero-order valence-electron chi connectivity index (χ0n) is 14.1. The monoisotopic (exact) mass is 325 g/mol. The zero-order chi connectivity index (χ0) is 17.0. The molecule has 3 N–H and O–H groups in total. The first-order valence-electron chi connectivity index (χ1n) is 8.10. The van der Waals surface area contributed by atoms with Crippen LogP contribution in [0.2, 0.25) is 0 Å². The van der Waals surface area contributed by atoms with Crippen LogP contribution < -0.4 is 15.8 Å². The number of fused-ring (bicyclic) bond motifs is 1. The van der Waals surface area contributed by atoms with E-state index in [4.69, 9.17) is 10.5 Å². The van der Waals surface area contributed by atoms with Crippen molar-refractivity contribution in [3.63, 3.8) is 0 Å². The first-order chi connectivity index (χ1) is 11.5. The quantitative estimate of drug-likeness (QED) is 0.653. The molecule has 0 unspecified atom stereocenters. The minimum absolute atomic E-state index is 0.365. The molecular formula is C18H23N5O. The molecule has 0 fully saturated rings. The summed E-state index contributed by atoms with van der Waals surface area (Å²) in [4.78, 5) is 0. The highest BCUT2D eigenvalue weighted by molar-refractivity contribution is 5.44. The minimum atomic E-state index is -0.365. The molecule has 3 aromatic rings. The maximum atomic E-state index is 6.12. The standard InChI is InChI=1S/C18H23N5O/c1-18(2,19)14-7-5-8-15(13-14)24-12-6-10-20-17-22-21-16-9-3-4-11-23(16)17/h3-5,7-9,11,13H,6,10,12,19H2,1-2H3,(H,20,22). The molecule has 2 aromatic heterocycles. The lowest BCUT2D eigenvalue weighted by atomic mass is 9.96. The van der Waals surface area contributed by atoms with Crippen molar-refractivity contribution < 1.29 is 4.74 Å². The van der Waals surface area contributed by atoms with Gasteiger partial charge in [-0.3, -0.25) is 4.40 Å². The number of rotatable bonds is 7. The molecule has 0 aliphatic carbocycles. The molecule has 0 saturated heterocycles. The summed E-state index contributed by atoms with van der Waals surface area (Å²) in [6.07, 6.45) is 2.80. The first-order valence-corrected chi connectivity index (χ1v) is 8.10. The third-order valence-corrected chi connectivity index (χ3v) is 3.76. The topological polar surface area (TPSA) is 77.5 Å². The van der Waals surface area contributed by atoms with E-state index in [1.54, 1.807) is 0 Å². The fourth-order valence-electron chi connectivity index (χ4n) is 2.41. The molecule has 3 rings (SSSR count). The lowest BCUT2D eigenvalue weighted by Crippen LogP contribution is -2.28. The average Bonchev–Trinajstić information content (AvgIpc) is 2.97. The molecular weight excluding hydrogens is 302 g/mol. The van der Waals surface area contributed by atoms with Crippen LogP contribution in [0.25, 0.3) is 5.65 Å². The highest BCUT2D eigenvalue weighted by Gasteiger charge is 2.14. The van der Waals surface area contributed by atoms with Crippen molar-refractivity contribution in [1.29, 1.82) is 0 Å². The molecule has 0 aliphatic rings. The van der Waals surface area contributed by atoms with E-state index in [0.717, 1.165) is 35.9 Å². The van der Waals surface area contributed by atoms with E-state index >= 15 is 0 Å². The maximum absolute atomic E-state index is 6.12. The van der Waals surface area contributed by atoms with Crippen molar-refractivity contribution in [2.24, 2.45) is 5.73 Å². The lowest BCUT2D eigenvalue weighted by Gasteiger charge is -2.19. The number of nitrogens with two attached hydrogens (primary N) is 1. The summed E-state index contributed by atoms with van der Waals surface area (Å²) in [5, 5.41) is 11.5. The Bertz CT molecular complexity index is 806. The van der Waals surface area contributed by atoms with Gasteiger partial charge in [0.05, 0.1) is 6.61 Å². The van der Waals surface area contributed by atoms with Crippen LogP contribution in [0, 0.1) is 0 Å². The molecule has 1 aromatic carbocycles. The normalized spacial score (nSPS) is 11.6. The van der Waals surface area contributed by atoms with E-state index in [0.29, 0.717) is 6.61 Å². The number of pyridine rings is 1. The number of hydrogen-bond donors (Lipinski definition) is 2. The minimum Gasteiger partial charge on any atom is -0.494 e. The molecule has 6 nitrogen and oxygen atoms in total. The fourth-order valence-corrected chi connectivity index (χ4v) is 2.41. The first kappa shape index (κ1) is 16.3. The molecule has 126 valence electrons. The van der Waals surface area contributed by atoms with Crippen molar-refractivity contribution in [2.45, 2.75) is 25.8 Å². The van der Waals surface area contributed by atoms with Crippen LogP contribution >= 0.6 is 0 Å². The van der Waals surface area contributed by atoms with Gasteiger partial charge in [-0.25, -0.2) is 0 Å². The SMILES string of the molecule is CC(C)(N)c1cccc(OCCCNc2nnc3ccccn23)c1. The van der Waals surface area contributed by atoms with Crippen molar-refractivity contribution in [2.75, 3.05) is 18.5 Å². The van der Waals surface area contributed by atoms with Crippen molar-refractivity contribution in [1.82, 2.24) is 14.6 Å². The van der Waals surface area contributed by atoms with Gasteiger partial charge in [0.1, 0.15) is 5.75 Å². The molecule has 24 heavy (non-hydrogen) atoms. The molecule has 2 heterocycles.